The van der Waals surface area contributed by atoms with Gasteiger partial charge >= 0.3 is 7.12 Å². The van der Waals surface area contributed by atoms with Crippen molar-refractivity contribution in [3.05, 3.63) is 90.0 Å². The average molecular weight is 595 g/mol. The first-order valence-electron chi connectivity index (χ1n) is 16.8. The largest absolute Gasteiger partial charge is 0.494 e. The number of thiophene rings is 1. The molecule has 6 aliphatic rings. The van der Waals surface area contributed by atoms with E-state index < -0.39 is 0 Å². The van der Waals surface area contributed by atoms with Gasteiger partial charge in [0, 0.05) is 25.6 Å². The van der Waals surface area contributed by atoms with Crippen molar-refractivity contribution in [2.45, 2.75) is 76.4 Å². The van der Waals surface area contributed by atoms with Gasteiger partial charge in [0.05, 0.1) is 11.2 Å². The molecule has 5 aromatic rings. The van der Waals surface area contributed by atoms with Crippen LogP contribution in [0.25, 0.3) is 42.4 Å². The van der Waals surface area contributed by atoms with Gasteiger partial charge in [-0.2, -0.15) is 0 Å². The third-order valence-corrected chi connectivity index (χ3v) is 14.0. The molecule has 220 valence electrons. The number of hydrogen-bond donors (Lipinski definition) is 0. The molecule has 1 spiro atoms. The SMILES string of the molecule is CC1(C)OB(c2ccc3c(c2)-c2ccc(-c4ccc5c(c4)sc4ccccc45)cc2C32C3CC4CC(C3)CC2C4)OC1(C)C. The number of benzene rings is 4. The van der Waals surface area contributed by atoms with E-state index in [2.05, 4.69) is 107 Å². The molecule has 4 bridgehead atoms. The summed E-state index contributed by atoms with van der Waals surface area (Å²) in [6.07, 6.45) is 7.04. The minimum Gasteiger partial charge on any atom is -0.399 e. The van der Waals surface area contributed by atoms with Gasteiger partial charge in [-0.05, 0) is 141 Å². The number of fused-ring (bicyclic) bond motifs is 6. The average Bonchev–Trinajstić information content (AvgIpc) is 3.59. The van der Waals surface area contributed by atoms with E-state index in [4.69, 9.17) is 9.31 Å². The van der Waals surface area contributed by atoms with Gasteiger partial charge < -0.3 is 9.31 Å². The van der Waals surface area contributed by atoms with Gasteiger partial charge in [-0.3, -0.25) is 0 Å². The summed E-state index contributed by atoms with van der Waals surface area (Å²) in [6.45, 7) is 8.60. The van der Waals surface area contributed by atoms with Gasteiger partial charge in [-0.25, -0.2) is 0 Å². The summed E-state index contributed by atoms with van der Waals surface area (Å²) in [5, 5.41) is 2.74. The second-order valence-corrected chi connectivity index (χ2v) is 16.7. The zero-order valence-corrected chi connectivity index (χ0v) is 27.0. The van der Waals surface area contributed by atoms with E-state index >= 15 is 0 Å². The second-order valence-electron chi connectivity index (χ2n) is 15.6. The molecular formula is C40H39BO2S. The lowest BCUT2D eigenvalue weighted by atomic mass is 9.43. The van der Waals surface area contributed by atoms with E-state index in [9.17, 15) is 0 Å². The minimum absolute atomic E-state index is 0.129. The Labute approximate surface area is 264 Å². The second kappa shape index (κ2) is 8.66. The van der Waals surface area contributed by atoms with Gasteiger partial charge in [0.1, 0.15) is 0 Å². The summed E-state index contributed by atoms with van der Waals surface area (Å²) in [5.41, 5.74) is 9.32. The van der Waals surface area contributed by atoms with Crippen molar-refractivity contribution in [3.63, 3.8) is 0 Å². The normalized spacial score (nSPS) is 30.5. The van der Waals surface area contributed by atoms with Gasteiger partial charge in [0.25, 0.3) is 0 Å². The maximum atomic E-state index is 6.54. The molecule has 4 heteroatoms. The Kier molecular flexibility index (Phi) is 5.18. The Morgan fingerprint density at radius 2 is 1.27 bits per heavy atom. The Hall–Kier alpha value is -2.92. The van der Waals surface area contributed by atoms with Crippen LogP contribution in [0.4, 0.5) is 0 Å². The van der Waals surface area contributed by atoms with Crippen LogP contribution < -0.4 is 5.46 Å². The first-order chi connectivity index (χ1) is 21.2. The van der Waals surface area contributed by atoms with Crippen LogP contribution in [0.15, 0.2) is 78.9 Å². The lowest BCUT2D eigenvalue weighted by molar-refractivity contribution is -0.0399. The third-order valence-electron chi connectivity index (χ3n) is 12.9. The highest BCUT2D eigenvalue weighted by molar-refractivity contribution is 7.25. The predicted molar refractivity (Wildman–Crippen MR) is 184 cm³/mol. The summed E-state index contributed by atoms with van der Waals surface area (Å²) >= 11 is 1.92. The standard InChI is InChI=1S/C40H39BO2S/c1-38(2)39(3,4)43-41(42-38)29-11-14-34-33(22-29)30-12-9-25(26-10-13-32-31-7-5-6-8-36(31)44-37(32)21-26)20-35(30)40(34)27-16-23-15-24(18-27)19-28(40)17-23/h5-14,20-24,27-28H,15-19H2,1-4H3. The number of rotatable bonds is 2. The van der Waals surface area contributed by atoms with E-state index in [1.165, 1.54) is 74.5 Å². The molecule has 4 saturated carbocycles. The maximum absolute atomic E-state index is 6.54. The molecule has 0 atom stereocenters. The molecule has 44 heavy (non-hydrogen) atoms. The van der Waals surface area contributed by atoms with E-state index in [-0.39, 0.29) is 23.7 Å². The van der Waals surface area contributed by atoms with E-state index in [1.54, 1.807) is 11.1 Å². The van der Waals surface area contributed by atoms with Crippen molar-refractivity contribution < 1.29 is 9.31 Å². The zero-order valence-electron chi connectivity index (χ0n) is 26.2. The van der Waals surface area contributed by atoms with Gasteiger partial charge in [0.15, 0.2) is 0 Å². The van der Waals surface area contributed by atoms with Crippen LogP contribution in [0, 0.1) is 23.7 Å². The molecule has 0 radical (unpaired) electrons. The van der Waals surface area contributed by atoms with Crippen molar-refractivity contribution >= 4 is 44.1 Å². The molecule has 1 saturated heterocycles. The summed E-state index contributed by atoms with van der Waals surface area (Å²) in [6, 6.07) is 30.6. The minimum atomic E-state index is -0.346. The predicted octanol–water partition coefficient (Wildman–Crippen LogP) is 9.74. The topological polar surface area (TPSA) is 18.5 Å². The Morgan fingerprint density at radius 3 is 2.02 bits per heavy atom. The molecule has 5 aliphatic carbocycles. The highest BCUT2D eigenvalue weighted by Crippen LogP contribution is 2.69. The van der Waals surface area contributed by atoms with Crippen LogP contribution in [0.3, 0.4) is 0 Å². The van der Waals surface area contributed by atoms with Crippen LogP contribution in [0.5, 0.6) is 0 Å². The zero-order chi connectivity index (χ0) is 29.6. The van der Waals surface area contributed by atoms with Crippen molar-refractivity contribution in [3.8, 4) is 22.3 Å². The highest BCUT2D eigenvalue weighted by Gasteiger charge is 2.62. The molecule has 5 fully saturated rings. The smallest absolute Gasteiger partial charge is 0.399 e. The fraction of sp³-hybridized carbons (Fsp3) is 0.400. The van der Waals surface area contributed by atoms with E-state index in [0.717, 1.165) is 29.1 Å². The Balaban J connectivity index is 1.14. The molecule has 2 heterocycles. The summed E-state index contributed by atoms with van der Waals surface area (Å²) < 4.78 is 15.8. The highest BCUT2D eigenvalue weighted by atomic mass is 32.1. The quantitative estimate of drug-likeness (QED) is 0.190. The summed E-state index contributed by atoms with van der Waals surface area (Å²) in [5.74, 6) is 3.33. The first kappa shape index (κ1) is 26.3. The monoisotopic (exact) mass is 594 g/mol. The third kappa shape index (κ3) is 3.35. The lowest BCUT2D eigenvalue weighted by Crippen LogP contribution is -2.55. The molecule has 1 aliphatic heterocycles. The summed E-state index contributed by atoms with van der Waals surface area (Å²) in [4.78, 5) is 0. The lowest BCUT2D eigenvalue weighted by Gasteiger charge is -2.61. The van der Waals surface area contributed by atoms with Gasteiger partial charge in [-0.1, -0.05) is 60.7 Å². The van der Waals surface area contributed by atoms with Gasteiger partial charge in [-0.15, -0.1) is 11.3 Å². The molecule has 2 nitrogen and oxygen atoms in total. The fourth-order valence-corrected chi connectivity index (χ4v) is 11.6. The molecular weight excluding hydrogens is 555 g/mol. The first-order valence-corrected chi connectivity index (χ1v) is 17.6. The number of hydrogen-bond acceptors (Lipinski definition) is 3. The fourth-order valence-electron chi connectivity index (χ4n) is 10.4. The van der Waals surface area contributed by atoms with Crippen molar-refractivity contribution in [1.82, 2.24) is 0 Å². The van der Waals surface area contributed by atoms with E-state index in [1.807, 2.05) is 11.3 Å². The molecule has 1 aromatic heterocycles. The molecule has 0 N–H and O–H groups in total. The van der Waals surface area contributed by atoms with Crippen LogP contribution >= 0.6 is 11.3 Å². The maximum Gasteiger partial charge on any atom is 0.494 e. The molecule has 4 aromatic carbocycles. The molecule has 11 rings (SSSR count). The van der Waals surface area contributed by atoms with E-state index in [0.29, 0.717) is 0 Å². The van der Waals surface area contributed by atoms with Crippen LogP contribution in [-0.4, -0.2) is 18.3 Å². The van der Waals surface area contributed by atoms with Crippen molar-refractivity contribution in [1.29, 1.82) is 0 Å². The molecule has 0 unspecified atom stereocenters. The molecule has 0 amide bonds. The summed E-state index contributed by atoms with van der Waals surface area (Å²) in [7, 11) is -0.337. The Morgan fingerprint density at radius 1 is 0.614 bits per heavy atom. The van der Waals surface area contributed by atoms with Gasteiger partial charge in [0.2, 0.25) is 0 Å². The Bertz CT molecular complexity index is 1970. The van der Waals surface area contributed by atoms with Crippen LogP contribution in [-0.2, 0) is 14.7 Å². The van der Waals surface area contributed by atoms with Crippen molar-refractivity contribution in [2.75, 3.05) is 0 Å². The van der Waals surface area contributed by atoms with Crippen LogP contribution in [0.2, 0.25) is 0 Å². The van der Waals surface area contributed by atoms with Crippen molar-refractivity contribution in [2.24, 2.45) is 23.7 Å². The van der Waals surface area contributed by atoms with Crippen LogP contribution in [0.1, 0.15) is 70.9 Å².